The van der Waals surface area contributed by atoms with Crippen LogP contribution in [-0.4, -0.2) is 43.8 Å². The zero-order valence-corrected chi connectivity index (χ0v) is 14.0. The minimum atomic E-state index is -0.170. The molecule has 0 atom stereocenters. The summed E-state index contributed by atoms with van der Waals surface area (Å²) in [6.07, 6.45) is 2.98. The predicted octanol–water partition coefficient (Wildman–Crippen LogP) is 2.37. The van der Waals surface area contributed by atoms with Gasteiger partial charge in [0.15, 0.2) is 11.0 Å². The third-order valence-electron chi connectivity index (χ3n) is 3.76. The SMILES string of the molecule is C=CCn1c(SCC(=O)N2CCCC2=O)nnc1-c1ccccc1. The van der Waals surface area contributed by atoms with Crippen LogP contribution >= 0.6 is 11.8 Å². The van der Waals surface area contributed by atoms with Crippen LogP contribution in [0.4, 0.5) is 0 Å². The first kappa shape index (κ1) is 16.4. The van der Waals surface area contributed by atoms with E-state index in [4.69, 9.17) is 0 Å². The molecule has 1 saturated heterocycles. The number of rotatable bonds is 6. The Morgan fingerprint density at radius 1 is 1.29 bits per heavy atom. The van der Waals surface area contributed by atoms with Crippen LogP contribution in [0.1, 0.15) is 12.8 Å². The van der Waals surface area contributed by atoms with Gasteiger partial charge in [0.25, 0.3) is 0 Å². The van der Waals surface area contributed by atoms with Crippen molar-refractivity contribution in [2.45, 2.75) is 24.5 Å². The van der Waals surface area contributed by atoms with Crippen LogP contribution in [0.2, 0.25) is 0 Å². The third-order valence-corrected chi connectivity index (χ3v) is 4.71. The summed E-state index contributed by atoms with van der Waals surface area (Å²) in [5.74, 6) is 0.660. The van der Waals surface area contributed by atoms with Crippen molar-refractivity contribution in [3.63, 3.8) is 0 Å². The number of thioether (sulfide) groups is 1. The maximum absolute atomic E-state index is 12.2. The lowest BCUT2D eigenvalue weighted by Crippen LogP contribution is -2.33. The highest BCUT2D eigenvalue weighted by molar-refractivity contribution is 7.99. The molecule has 0 saturated carbocycles. The summed E-state index contributed by atoms with van der Waals surface area (Å²) >= 11 is 1.30. The first-order chi connectivity index (χ1) is 11.7. The molecule has 0 bridgehead atoms. The number of amides is 2. The lowest BCUT2D eigenvalue weighted by Gasteiger charge is -2.13. The Balaban J connectivity index is 1.76. The number of carbonyl (C=O) groups is 2. The molecule has 0 aliphatic carbocycles. The van der Waals surface area contributed by atoms with E-state index in [1.54, 1.807) is 6.08 Å². The van der Waals surface area contributed by atoms with Gasteiger partial charge in [-0.15, -0.1) is 16.8 Å². The lowest BCUT2D eigenvalue weighted by atomic mass is 10.2. The minimum absolute atomic E-state index is 0.0851. The first-order valence-corrected chi connectivity index (χ1v) is 8.75. The number of allylic oxidation sites excluding steroid dienone is 1. The number of benzene rings is 1. The Bertz CT molecular complexity index is 757. The van der Waals surface area contributed by atoms with E-state index in [1.165, 1.54) is 16.7 Å². The highest BCUT2D eigenvalue weighted by atomic mass is 32.2. The van der Waals surface area contributed by atoms with Crippen molar-refractivity contribution in [1.82, 2.24) is 19.7 Å². The van der Waals surface area contributed by atoms with Crippen molar-refractivity contribution in [1.29, 1.82) is 0 Å². The summed E-state index contributed by atoms with van der Waals surface area (Å²) in [7, 11) is 0. The quantitative estimate of drug-likeness (QED) is 0.595. The van der Waals surface area contributed by atoms with Crippen LogP contribution in [0.3, 0.4) is 0 Å². The molecule has 1 aromatic carbocycles. The molecular weight excluding hydrogens is 324 g/mol. The number of hydrogen-bond acceptors (Lipinski definition) is 5. The second-order valence-electron chi connectivity index (χ2n) is 5.40. The molecule has 6 nitrogen and oxygen atoms in total. The fraction of sp³-hybridized carbons (Fsp3) is 0.294. The van der Waals surface area contributed by atoms with Crippen LogP contribution in [-0.2, 0) is 16.1 Å². The van der Waals surface area contributed by atoms with Gasteiger partial charge in [0.2, 0.25) is 11.8 Å². The van der Waals surface area contributed by atoms with Crippen molar-refractivity contribution in [2.24, 2.45) is 0 Å². The smallest absolute Gasteiger partial charge is 0.239 e. The molecular formula is C17H18N4O2S. The fourth-order valence-corrected chi connectivity index (χ4v) is 3.43. The Hall–Kier alpha value is -2.41. The van der Waals surface area contributed by atoms with E-state index in [1.807, 2.05) is 34.9 Å². The first-order valence-electron chi connectivity index (χ1n) is 7.76. The molecule has 2 amide bonds. The topological polar surface area (TPSA) is 68.1 Å². The fourth-order valence-electron chi connectivity index (χ4n) is 2.61. The summed E-state index contributed by atoms with van der Waals surface area (Å²) in [6, 6.07) is 9.76. The number of carbonyl (C=O) groups excluding carboxylic acids is 2. The van der Waals surface area contributed by atoms with Crippen LogP contribution in [0, 0.1) is 0 Å². The van der Waals surface area contributed by atoms with Crippen LogP contribution in [0.15, 0.2) is 48.1 Å². The Labute approximate surface area is 144 Å². The lowest BCUT2D eigenvalue weighted by molar-refractivity contribution is -0.140. The number of likely N-dealkylation sites (tertiary alicyclic amines) is 1. The summed E-state index contributed by atoms with van der Waals surface area (Å²) in [5.41, 5.74) is 0.958. The predicted molar refractivity (Wildman–Crippen MR) is 92.3 cm³/mol. The number of nitrogens with zero attached hydrogens (tertiary/aromatic N) is 4. The van der Waals surface area contributed by atoms with E-state index in [2.05, 4.69) is 16.8 Å². The summed E-state index contributed by atoms with van der Waals surface area (Å²) in [6.45, 7) is 4.85. The number of hydrogen-bond donors (Lipinski definition) is 0. The van der Waals surface area contributed by atoms with Crippen molar-refractivity contribution in [3.8, 4) is 11.4 Å². The van der Waals surface area contributed by atoms with Crippen molar-refractivity contribution in [3.05, 3.63) is 43.0 Å². The molecule has 0 N–H and O–H groups in total. The normalized spacial score (nSPS) is 14.2. The molecule has 2 aromatic rings. The Kier molecular flexibility index (Phi) is 5.10. The molecule has 7 heteroatoms. The highest BCUT2D eigenvalue weighted by Crippen LogP contribution is 2.24. The van der Waals surface area contributed by atoms with E-state index in [0.717, 1.165) is 17.8 Å². The number of aromatic nitrogens is 3. The average Bonchev–Trinajstić information content (AvgIpc) is 3.20. The molecule has 1 aromatic heterocycles. The van der Waals surface area contributed by atoms with Gasteiger partial charge < -0.3 is 0 Å². The van der Waals surface area contributed by atoms with Gasteiger partial charge in [-0.3, -0.25) is 19.1 Å². The second kappa shape index (κ2) is 7.44. The third kappa shape index (κ3) is 3.41. The van der Waals surface area contributed by atoms with Crippen molar-refractivity contribution in [2.75, 3.05) is 12.3 Å². The molecule has 2 heterocycles. The van der Waals surface area contributed by atoms with Gasteiger partial charge in [0.05, 0.1) is 5.75 Å². The van der Waals surface area contributed by atoms with E-state index in [9.17, 15) is 9.59 Å². The van der Waals surface area contributed by atoms with E-state index in [-0.39, 0.29) is 17.6 Å². The number of imide groups is 1. The Morgan fingerprint density at radius 2 is 2.08 bits per heavy atom. The average molecular weight is 342 g/mol. The van der Waals surface area contributed by atoms with Crippen LogP contribution in [0.25, 0.3) is 11.4 Å². The van der Waals surface area contributed by atoms with E-state index < -0.39 is 0 Å². The molecule has 3 rings (SSSR count). The van der Waals surface area contributed by atoms with Gasteiger partial charge in [-0.1, -0.05) is 48.2 Å². The van der Waals surface area contributed by atoms with Gasteiger partial charge in [-0.25, -0.2) is 0 Å². The van der Waals surface area contributed by atoms with Crippen LogP contribution < -0.4 is 0 Å². The molecule has 24 heavy (non-hydrogen) atoms. The Morgan fingerprint density at radius 3 is 2.75 bits per heavy atom. The molecule has 1 aliphatic rings. The molecule has 0 radical (unpaired) electrons. The molecule has 1 fully saturated rings. The minimum Gasteiger partial charge on any atom is -0.298 e. The van der Waals surface area contributed by atoms with Gasteiger partial charge >= 0.3 is 0 Å². The zero-order valence-electron chi connectivity index (χ0n) is 13.2. The molecule has 124 valence electrons. The standard InChI is InChI=1S/C17H18N4O2S/c1-2-10-21-16(13-7-4-3-5-8-13)18-19-17(21)24-12-15(23)20-11-6-9-14(20)22/h2-5,7-8H,1,6,9-12H2. The summed E-state index contributed by atoms with van der Waals surface area (Å²) in [4.78, 5) is 25.1. The van der Waals surface area contributed by atoms with Crippen molar-refractivity contribution >= 4 is 23.6 Å². The monoisotopic (exact) mass is 342 g/mol. The molecule has 1 aliphatic heterocycles. The van der Waals surface area contributed by atoms with Gasteiger partial charge in [-0.05, 0) is 6.42 Å². The van der Waals surface area contributed by atoms with Gasteiger partial charge in [0.1, 0.15) is 0 Å². The maximum Gasteiger partial charge on any atom is 0.239 e. The highest BCUT2D eigenvalue weighted by Gasteiger charge is 2.26. The molecule has 0 spiro atoms. The van der Waals surface area contributed by atoms with Gasteiger partial charge in [0, 0.05) is 25.1 Å². The zero-order chi connectivity index (χ0) is 16.9. The maximum atomic E-state index is 12.2. The second-order valence-corrected chi connectivity index (χ2v) is 6.35. The van der Waals surface area contributed by atoms with E-state index in [0.29, 0.717) is 24.7 Å². The van der Waals surface area contributed by atoms with Gasteiger partial charge in [-0.2, -0.15) is 0 Å². The molecule has 0 unspecified atom stereocenters. The summed E-state index contributed by atoms with van der Waals surface area (Å²) in [5, 5.41) is 9.10. The van der Waals surface area contributed by atoms with Crippen LogP contribution in [0.5, 0.6) is 0 Å². The van der Waals surface area contributed by atoms with Crippen molar-refractivity contribution < 1.29 is 9.59 Å². The van der Waals surface area contributed by atoms with E-state index >= 15 is 0 Å². The largest absolute Gasteiger partial charge is 0.298 e. The summed E-state index contributed by atoms with van der Waals surface area (Å²) < 4.78 is 1.92.